The molecule has 0 spiro atoms. The highest BCUT2D eigenvalue weighted by Gasteiger charge is 2.22. The van der Waals surface area contributed by atoms with Crippen molar-refractivity contribution >= 4 is 10.8 Å². The molecule has 0 saturated heterocycles. The lowest BCUT2D eigenvalue weighted by atomic mass is 9.89. The molecule has 5 nitrogen and oxygen atoms in total. The summed E-state index contributed by atoms with van der Waals surface area (Å²) in [6.45, 7) is 2.83. The summed E-state index contributed by atoms with van der Waals surface area (Å²) in [5.41, 5.74) is 1.23. The Morgan fingerprint density at radius 1 is 1.11 bits per heavy atom. The monoisotopic (exact) mass is 365 g/mol. The minimum absolute atomic E-state index is 0.0291. The van der Waals surface area contributed by atoms with Gasteiger partial charge in [-0.3, -0.25) is 0 Å². The molecule has 1 N–H and O–H groups in total. The van der Waals surface area contributed by atoms with Gasteiger partial charge in [-0.15, -0.1) is 0 Å². The van der Waals surface area contributed by atoms with Crippen molar-refractivity contribution < 1.29 is 9.26 Å². The number of nitrogens with zero attached hydrogens (tertiary/aromatic N) is 2. The van der Waals surface area contributed by atoms with Gasteiger partial charge in [-0.1, -0.05) is 42.6 Å². The highest BCUT2D eigenvalue weighted by molar-refractivity contribution is 5.84. The van der Waals surface area contributed by atoms with E-state index in [0.29, 0.717) is 11.8 Å². The lowest BCUT2D eigenvalue weighted by Crippen LogP contribution is -2.18. The number of fused-ring (bicyclic) bond motifs is 1. The Labute approximate surface area is 160 Å². The number of aromatic nitrogens is 2. The minimum atomic E-state index is 0.0291. The highest BCUT2D eigenvalue weighted by Crippen LogP contribution is 2.31. The molecular formula is C22H27N3O2. The van der Waals surface area contributed by atoms with Crippen molar-refractivity contribution in [3.05, 3.63) is 53.7 Å². The molecule has 0 aliphatic heterocycles. The summed E-state index contributed by atoms with van der Waals surface area (Å²) in [6, 6.07) is 12.6. The topological polar surface area (TPSA) is 60.2 Å². The molecule has 0 bridgehead atoms. The molecule has 4 rings (SSSR count). The number of ether oxygens (including phenoxy) is 1. The van der Waals surface area contributed by atoms with E-state index in [1.54, 1.807) is 7.11 Å². The Morgan fingerprint density at radius 3 is 2.70 bits per heavy atom. The Balaban J connectivity index is 1.39. The maximum absolute atomic E-state index is 5.53. The zero-order valence-electron chi connectivity index (χ0n) is 16.1. The van der Waals surface area contributed by atoms with E-state index in [1.807, 2.05) is 6.07 Å². The number of hydrogen-bond donors (Lipinski definition) is 1. The Kier molecular flexibility index (Phi) is 5.39. The van der Waals surface area contributed by atoms with Gasteiger partial charge in [-0.05, 0) is 54.3 Å². The van der Waals surface area contributed by atoms with Crippen LogP contribution in [-0.2, 0) is 6.54 Å². The second-order valence-electron chi connectivity index (χ2n) is 7.48. The summed E-state index contributed by atoms with van der Waals surface area (Å²) in [7, 11) is 1.69. The summed E-state index contributed by atoms with van der Waals surface area (Å²) in [5, 5.41) is 10.1. The summed E-state index contributed by atoms with van der Waals surface area (Å²) in [6.07, 6.45) is 6.25. The van der Waals surface area contributed by atoms with Crippen molar-refractivity contribution in [2.75, 3.05) is 7.11 Å². The fraction of sp³-hybridized carbons (Fsp3) is 0.455. The molecule has 2 aromatic carbocycles. The molecule has 1 heterocycles. The standard InChI is InChI=1S/C22H27N3O2/c1-15(22-24-21(25-27-22)17-6-4-3-5-7-17)23-14-16-8-9-19-13-20(26-2)11-10-18(19)12-16/h8-13,15,17,23H,3-7,14H2,1-2H3. The quantitative estimate of drug-likeness (QED) is 0.656. The van der Waals surface area contributed by atoms with Gasteiger partial charge in [0.2, 0.25) is 5.89 Å². The van der Waals surface area contributed by atoms with Gasteiger partial charge in [-0.2, -0.15) is 4.98 Å². The van der Waals surface area contributed by atoms with Crippen LogP contribution in [0.3, 0.4) is 0 Å². The van der Waals surface area contributed by atoms with Crippen molar-refractivity contribution in [2.45, 2.75) is 57.5 Å². The number of benzene rings is 2. The van der Waals surface area contributed by atoms with Gasteiger partial charge in [0, 0.05) is 12.5 Å². The van der Waals surface area contributed by atoms with E-state index in [-0.39, 0.29) is 6.04 Å². The van der Waals surface area contributed by atoms with Crippen molar-refractivity contribution in [2.24, 2.45) is 0 Å². The van der Waals surface area contributed by atoms with E-state index in [1.165, 1.54) is 48.4 Å². The zero-order valence-corrected chi connectivity index (χ0v) is 16.1. The van der Waals surface area contributed by atoms with Crippen LogP contribution in [0.5, 0.6) is 5.75 Å². The first kappa shape index (κ1) is 18.0. The normalized spacial score (nSPS) is 16.5. The number of methoxy groups -OCH3 is 1. The van der Waals surface area contributed by atoms with Crippen LogP contribution in [-0.4, -0.2) is 17.3 Å². The molecule has 1 unspecified atom stereocenters. The van der Waals surface area contributed by atoms with Crippen LogP contribution in [0.15, 0.2) is 40.9 Å². The SMILES string of the molecule is COc1ccc2cc(CNC(C)c3nc(C4CCCCC4)no3)ccc2c1. The Morgan fingerprint density at radius 2 is 1.89 bits per heavy atom. The van der Waals surface area contributed by atoms with E-state index in [9.17, 15) is 0 Å². The third-order valence-electron chi connectivity index (χ3n) is 5.52. The summed E-state index contributed by atoms with van der Waals surface area (Å²) in [4.78, 5) is 4.66. The third-order valence-corrected chi connectivity index (χ3v) is 5.52. The van der Waals surface area contributed by atoms with Crippen LogP contribution in [0.1, 0.15) is 68.3 Å². The smallest absolute Gasteiger partial charge is 0.243 e. The first-order valence-electron chi connectivity index (χ1n) is 9.86. The van der Waals surface area contributed by atoms with E-state index in [2.05, 4.69) is 52.7 Å². The summed E-state index contributed by atoms with van der Waals surface area (Å²) >= 11 is 0. The van der Waals surface area contributed by atoms with Gasteiger partial charge in [0.05, 0.1) is 13.2 Å². The zero-order chi connectivity index (χ0) is 18.6. The van der Waals surface area contributed by atoms with Crippen LogP contribution in [0, 0.1) is 0 Å². The number of rotatable bonds is 6. The van der Waals surface area contributed by atoms with Crippen LogP contribution in [0.2, 0.25) is 0 Å². The number of nitrogens with one attached hydrogen (secondary N) is 1. The highest BCUT2D eigenvalue weighted by atomic mass is 16.5. The van der Waals surface area contributed by atoms with E-state index in [4.69, 9.17) is 9.26 Å². The average molecular weight is 365 g/mol. The Bertz CT molecular complexity index is 899. The fourth-order valence-corrected chi connectivity index (χ4v) is 3.82. The van der Waals surface area contributed by atoms with Crippen LogP contribution in [0.4, 0.5) is 0 Å². The molecule has 1 aromatic heterocycles. The molecule has 5 heteroatoms. The second kappa shape index (κ2) is 8.09. The molecule has 1 atom stereocenters. The molecule has 0 radical (unpaired) electrons. The largest absolute Gasteiger partial charge is 0.497 e. The van der Waals surface area contributed by atoms with Crippen molar-refractivity contribution in [3.63, 3.8) is 0 Å². The predicted molar refractivity (Wildman–Crippen MR) is 106 cm³/mol. The van der Waals surface area contributed by atoms with Crippen LogP contribution >= 0.6 is 0 Å². The van der Waals surface area contributed by atoms with Gasteiger partial charge >= 0.3 is 0 Å². The molecule has 1 fully saturated rings. The first-order chi connectivity index (χ1) is 13.2. The summed E-state index contributed by atoms with van der Waals surface area (Å²) < 4.78 is 10.8. The lowest BCUT2D eigenvalue weighted by Gasteiger charge is -2.17. The maximum atomic E-state index is 5.53. The van der Waals surface area contributed by atoms with Gasteiger partial charge in [0.1, 0.15) is 5.75 Å². The molecule has 1 saturated carbocycles. The first-order valence-corrected chi connectivity index (χ1v) is 9.86. The number of hydrogen-bond acceptors (Lipinski definition) is 5. The molecule has 1 aliphatic carbocycles. The van der Waals surface area contributed by atoms with Gasteiger partial charge in [0.25, 0.3) is 0 Å². The summed E-state index contributed by atoms with van der Waals surface area (Å²) in [5.74, 6) is 2.92. The molecule has 27 heavy (non-hydrogen) atoms. The predicted octanol–water partition coefficient (Wildman–Crippen LogP) is 5.13. The molecular weight excluding hydrogens is 338 g/mol. The second-order valence-corrected chi connectivity index (χ2v) is 7.48. The van der Waals surface area contributed by atoms with Crippen molar-refractivity contribution in [3.8, 4) is 5.75 Å². The van der Waals surface area contributed by atoms with Gasteiger partial charge in [-0.25, -0.2) is 0 Å². The Hall–Kier alpha value is -2.40. The fourth-order valence-electron chi connectivity index (χ4n) is 3.82. The van der Waals surface area contributed by atoms with E-state index < -0.39 is 0 Å². The van der Waals surface area contributed by atoms with E-state index >= 15 is 0 Å². The van der Waals surface area contributed by atoms with Crippen molar-refractivity contribution in [1.82, 2.24) is 15.5 Å². The maximum Gasteiger partial charge on any atom is 0.243 e. The minimum Gasteiger partial charge on any atom is -0.497 e. The third kappa shape index (κ3) is 4.14. The van der Waals surface area contributed by atoms with Gasteiger partial charge < -0.3 is 14.6 Å². The molecule has 142 valence electrons. The van der Waals surface area contributed by atoms with Crippen molar-refractivity contribution in [1.29, 1.82) is 0 Å². The lowest BCUT2D eigenvalue weighted by molar-refractivity contribution is 0.329. The molecule has 0 amide bonds. The molecule has 1 aliphatic rings. The van der Waals surface area contributed by atoms with Crippen LogP contribution in [0.25, 0.3) is 10.8 Å². The van der Waals surface area contributed by atoms with Gasteiger partial charge in [0.15, 0.2) is 5.82 Å². The van der Waals surface area contributed by atoms with Crippen LogP contribution < -0.4 is 10.1 Å². The van der Waals surface area contributed by atoms with E-state index in [0.717, 1.165) is 18.1 Å². The average Bonchev–Trinajstić information content (AvgIpc) is 3.22. The molecule has 3 aromatic rings.